The maximum Gasteiger partial charge on any atom is 0.279 e. The van der Waals surface area contributed by atoms with E-state index in [0.29, 0.717) is 30.5 Å². The fourth-order valence-corrected chi connectivity index (χ4v) is 8.42. The Kier molecular flexibility index (Phi) is 9.17. The second kappa shape index (κ2) is 13.8. The molecule has 292 valence electrons. The first-order chi connectivity index (χ1) is 26.7. The molecule has 56 heavy (non-hydrogen) atoms. The zero-order valence-corrected chi connectivity index (χ0v) is 31.2. The average Bonchev–Trinajstić information content (AvgIpc) is 3.82. The highest BCUT2D eigenvalue weighted by Crippen LogP contribution is 2.50. The maximum absolute atomic E-state index is 15.6. The number of nitrogens with one attached hydrogen (secondary N) is 1. The van der Waals surface area contributed by atoms with Crippen molar-refractivity contribution in [3.8, 4) is 17.1 Å². The quantitative estimate of drug-likeness (QED) is 0.204. The third-order valence-corrected chi connectivity index (χ3v) is 11.2. The van der Waals surface area contributed by atoms with Crippen LogP contribution in [-0.2, 0) is 23.3 Å². The second-order valence-corrected chi connectivity index (χ2v) is 15.5. The third-order valence-electron chi connectivity index (χ3n) is 11.2. The Hall–Kier alpha value is -5.71. The van der Waals surface area contributed by atoms with Gasteiger partial charge in [-0.3, -0.25) is 14.4 Å². The van der Waals surface area contributed by atoms with Gasteiger partial charge in [0.15, 0.2) is 17.3 Å². The molecule has 17 heteroatoms. The number of amides is 2. The van der Waals surface area contributed by atoms with E-state index in [2.05, 4.69) is 25.4 Å². The second-order valence-electron chi connectivity index (χ2n) is 15.5. The molecule has 0 bridgehead atoms. The number of nitrogens with zero attached hydrogens (tertiary/aromatic N) is 8. The molecule has 2 amide bonds. The Balaban J connectivity index is 1.20. The fourth-order valence-electron chi connectivity index (χ4n) is 8.42. The molecule has 2 aromatic carbocycles. The van der Waals surface area contributed by atoms with Crippen LogP contribution in [0.3, 0.4) is 0 Å². The van der Waals surface area contributed by atoms with E-state index >= 15 is 13.2 Å². The highest BCUT2D eigenvalue weighted by molar-refractivity contribution is 5.95. The summed E-state index contributed by atoms with van der Waals surface area (Å²) in [6.45, 7) is 3.48. The van der Waals surface area contributed by atoms with Gasteiger partial charge in [0.05, 0.1) is 16.9 Å². The van der Waals surface area contributed by atoms with Crippen LogP contribution in [0.1, 0.15) is 89.4 Å². The molecule has 1 spiro atoms. The molecular weight excluding hydrogens is 734 g/mol. The summed E-state index contributed by atoms with van der Waals surface area (Å²) in [4.78, 5) is 57.4. The van der Waals surface area contributed by atoms with Crippen LogP contribution in [0.5, 0.6) is 5.75 Å². The Morgan fingerprint density at radius 1 is 1.00 bits per heavy atom. The van der Waals surface area contributed by atoms with Crippen molar-refractivity contribution in [1.29, 1.82) is 0 Å². The number of aromatic hydroxyl groups is 1. The summed E-state index contributed by atoms with van der Waals surface area (Å²) >= 11 is 0. The normalized spacial score (nSPS) is 17.6. The minimum atomic E-state index is -0.817. The van der Waals surface area contributed by atoms with Crippen LogP contribution in [0.15, 0.2) is 35.4 Å². The number of hydrogen-bond donors (Lipinski definition) is 2. The van der Waals surface area contributed by atoms with Crippen LogP contribution < -0.4 is 10.9 Å². The number of rotatable bonds is 8. The zero-order chi connectivity index (χ0) is 39.8. The van der Waals surface area contributed by atoms with Crippen molar-refractivity contribution < 1.29 is 32.3 Å². The Bertz CT molecular complexity index is 2510. The lowest BCUT2D eigenvalue weighted by Gasteiger charge is -2.39. The van der Waals surface area contributed by atoms with E-state index in [4.69, 9.17) is 0 Å². The molecular formula is C39H39F4N9O4. The minimum absolute atomic E-state index is 0.0571. The third kappa shape index (κ3) is 6.36. The van der Waals surface area contributed by atoms with Crippen molar-refractivity contribution in [2.24, 2.45) is 0 Å². The lowest BCUT2D eigenvalue weighted by atomic mass is 9.73. The standard InChI is InChI=1S/C39H39F4N9O4/c1-19-15-39(7-9-50(10-8-39)37(56)32-34(54)20(2)44-18-45-32)31-33(19)51(17-30(53)46-29-14-27(42)23(12-28(29)43)21-5-6-21)38-47-35(48-52(38)36(31)55)24-13-25(40)22(11-26(24)41)16-49(3)4/h11-14,18-19,21,54H,5-10,15-17H2,1-4H3,(H,46,53). The summed E-state index contributed by atoms with van der Waals surface area (Å²) in [6.07, 6.45) is 3.85. The summed E-state index contributed by atoms with van der Waals surface area (Å²) in [5, 5.41) is 17.3. The number of piperidine rings is 1. The van der Waals surface area contributed by atoms with Crippen LogP contribution in [-0.4, -0.2) is 83.0 Å². The summed E-state index contributed by atoms with van der Waals surface area (Å²) in [7, 11) is 3.43. The number of carbonyl (C=O) groups excluding carboxylic acids is 2. The topological polar surface area (TPSA) is 151 Å². The number of aryl methyl sites for hydroxylation is 1. The lowest BCUT2D eigenvalue weighted by Crippen LogP contribution is -2.46. The molecule has 3 aliphatic rings. The minimum Gasteiger partial charge on any atom is -0.504 e. The molecule has 1 saturated carbocycles. The molecule has 1 aliphatic heterocycles. The number of hydrogen-bond acceptors (Lipinski definition) is 9. The molecule has 1 atom stereocenters. The first kappa shape index (κ1) is 37.2. The van der Waals surface area contributed by atoms with Crippen molar-refractivity contribution in [3.63, 3.8) is 0 Å². The van der Waals surface area contributed by atoms with Gasteiger partial charge in [-0.05, 0) is 88.7 Å². The van der Waals surface area contributed by atoms with Crippen LogP contribution in [0, 0.1) is 30.2 Å². The molecule has 2 N–H and O–H groups in total. The monoisotopic (exact) mass is 773 g/mol. The molecule has 2 fully saturated rings. The predicted molar refractivity (Wildman–Crippen MR) is 195 cm³/mol. The predicted octanol–water partition coefficient (Wildman–Crippen LogP) is 5.18. The van der Waals surface area contributed by atoms with Crippen molar-refractivity contribution >= 4 is 23.3 Å². The van der Waals surface area contributed by atoms with E-state index < -0.39 is 52.6 Å². The number of halogens is 4. The Morgan fingerprint density at radius 2 is 1.73 bits per heavy atom. The first-order valence-corrected chi connectivity index (χ1v) is 18.4. The van der Waals surface area contributed by atoms with E-state index in [9.17, 15) is 23.9 Å². The highest BCUT2D eigenvalue weighted by atomic mass is 19.1. The molecule has 3 aromatic heterocycles. The largest absolute Gasteiger partial charge is 0.504 e. The molecule has 4 heterocycles. The van der Waals surface area contributed by atoms with Gasteiger partial charge in [-0.15, -0.1) is 5.10 Å². The first-order valence-electron chi connectivity index (χ1n) is 18.4. The van der Waals surface area contributed by atoms with Crippen molar-refractivity contribution in [2.75, 3.05) is 32.5 Å². The number of benzene rings is 2. The number of aromatic nitrogens is 6. The van der Waals surface area contributed by atoms with E-state index in [0.717, 1.165) is 41.6 Å². The van der Waals surface area contributed by atoms with Crippen LogP contribution >= 0.6 is 0 Å². The van der Waals surface area contributed by atoms with Gasteiger partial charge in [0.25, 0.3) is 11.5 Å². The molecule has 0 radical (unpaired) electrons. The molecule has 8 rings (SSSR count). The molecule has 2 aliphatic carbocycles. The van der Waals surface area contributed by atoms with E-state index in [1.165, 1.54) is 10.9 Å². The smallest absolute Gasteiger partial charge is 0.279 e. The molecule has 13 nitrogen and oxygen atoms in total. The lowest BCUT2D eigenvalue weighted by molar-refractivity contribution is -0.116. The maximum atomic E-state index is 15.6. The Morgan fingerprint density at radius 3 is 2.43 bits per heavy atom. The van der Waals surface area contributed by atoms with E-state index in [1.54, 1.807) is 30.8 Å². The number of fused-ring (bicyclic) bond motifs is 3. The van der Waals surface area contributed by atoms with Gasteiger partial charge in [0.1, 0.15) is 36.1 Å². The van der Waals surface area contributed by atoms with Gasteiger partial charge in [-0.1, -0.05) is 6.92 Å². The molecule has 1 saturated heterocycles. The van der Waals surface area contributed by atoms with Crippen molar-refractivity contribution in [3.05, 3.63) is 98.0 Å². The van der Waals surface area contributed by atoms with E-state index in [-0.39, 0.29) is 82.6 Å². The number of anilines is 1. The molecule has 1 unspecified atom stereocenters. The Labute approximate surface area is 318 Å². The SMILES string of the molecule is Cc1ncnc(C(=O)N2CCC3(CC2)CC(C)c2c3c(=O)n3nc(-c4cc(F)c(CN(C)C)cc4F)nc3n2CC(=O)Nc2cc(F)c(C3CC3)cc2F)c1O. The van der Waals surface area contributed by atoms with Gasteiger partial charge in [0.2, 0.25) is 11.7 Å². The van der Waals surface area contributed by atoms with Crippen molar-refractivity contribution in [2.45, 2.75) is 76.3 Å². The number of carbonyl (C=O) groups is 2. The average molecular weight is 774 g/mol. The van der Waals surface area contributed by atoms with Gasteiger partial charge in [-0.2, -0.15) is 9.50 Å². The van der Waals surface area contributed by atoms with Crippen LogP contribution in [0.4, 0.5) is 23.2 Å². The summed E-state index contributed by atoms with van der Waals surface area (Å²) in [5.41, 5.74) is -0.707. The van der Waals surface area contributed by atoms with Crippen molar-refractivity contribution in [1.82, 2.24) is 38.9 Å². The number of likely N-dealkylation sites (tertiary alicyclic amines) is 1. The summed E-state index contributed by atoms with van der Waals surface area (Å²) in [6, 6.07) is 4.06. The fraction of sp³-hybridized carbons (Fsp3) is 0.410. The van der Waals surface area contributed by atoms with Gasteiger partial charge >= 0.3 is 0 Å². The van der Waals surface area contributed by atoms with Gasteiger partial charge in [0, 0.05) is 47.9 Å². The molecule has 5 aromatic rings. The highest BCUT2D eigenvalue weighted by Gasteiger charge is 2.49. The van der Waals surface area contributed by atoms with Gasteiger partial charge < -0.3 is 24.8 Å². The van der Waals surface area contributed by atoms with Gasteiger partial charge in [-0.25, -0.2) is 27.5 Å². The summed E-state index contributed by atoms with van der Waals surface area (Å²) in [5.74, 6) is -5.31. The van der Waals surface area contributed by atoms with Crippen LogP contribution in [0.25, 0.3) is 17.2 Å². The van der Waals surface area contributed by atoms with Crippen LogP contribution in [0.2, 0.25) is 0 Å². The van der Waals surface area contributed by atoms with E-state index in [1.807, 2.05) is 6.92 Å². The summed E-state index contributed by atoms with van der Waals surface area (Å²) < 4.78 is 63.4. The zero-order valence-electron chi connectivity index (χ0n) is 31.2.